The van der Waals surface area contributed by atoms with Crippen LogP contribution in [0.2, 0.25) is 18.1 Å². The lowest BCUT2D eigenvalue weighted by Gasteiger charge is -2.42. The van der Waals surface area contributed by atoms with Crippen molar-refractivity contribution in [2.45, 2.75) is 57.8 Å². The first kappa shape index (κ1) is 18.9. The van der Waals surface area contributed by atoms with E-state index in [0.717, 1.165) is 31.6 Å². The number of piperidine rings is 1. The van der Waals surface area contributed by atoms with E-state index in [0.29, 0.717) is 4.47 Å². The predicted octanol–water partition coefficient (Wildman–Crippen LogP) is 5.72. The molecule has 0 N–H and O–H groups in total. The molecule has 2 rings (SSSR count). The highest BCUT2D eigenvalue weighted by Crippen LogP contribution is 2.39. The van der Waals surface area contributed by atoms with Gasteiger partial charge in [0.1, 0.15) is 0 Å². The largest absolute Gasteiger partial charge is 0.414 e. The minimum atomic E-state index is -1.76. The van der Waals surface area contributed by atoms with Crippen LogP contribution in [0.25, 0.3) is 0 Å². The summed E-state index contributed by atoms with van der Waals surface area (Å²) in [5, 5.41) is 0.202. The molecule has 130 valence electrons. The molecule has 6 heteroatoms. The molecule has 0 radical (unpaired) electrons. The Labute approximate surface area is 147 Å². The molecule has 0 aliphatic carbocycles. The molecule has 0 unspecified atom stereocenters. The van der Waals surface area contributed by atoms with Gasteiger partial charge in [-0.15, -0.1) is 0 Å². The summed E-state index contributed by atoms with van der Waals surface area (Å²) in [6.07, 6.45) is 2.09. The highest BCUT2D eigenvalue weighted by Gasteiger charge is 2.39. The van der Waals surface area contributed by atoms with Crippen LogP contribution < -0.4 is 4.90 Å². The summed E-state index contributed by atoms with van der Waals surface area (Å²) >= 11 is 3.33. The van der Waals surface area contributed by atoms with Crippen molar-refractivity contribution in [3.63, 3.8) is 0 Å². The first-order chi connectivity index (χ1) is 10.5. The third-order valence-corrected chi connectivity index (χ3v) is 10.2. The van der Waals surface area contributed by atoms with E-state index in [1.165, 1.54) is 12.1 Å². The molecule has 1 aromatic carbocycles. The van der Waals surface area contributed by atoms with Crippen molar-refractivity contribution in [3.05, 3.63) is 28.2 Å². The Balaban J connectivity index is 2.01. The Hall–Kier alpha value is -0.463. The lowest BCUT2D eigenvalue weighted by molar-refractivity contribution is 0.152. The van der Waals surface area contributed by atoms with Gasteiger partial charge in [0.2, 0.25) is 0 Å². The van der Waals surface area contributed by atoms with Crippen LogP contribution in [0, 0.1) is 11.6 Å². The van der Waals surface area contributed by atoms with Crippen LogP contribution in [0.4, 0.5) is 14.5 Å². The van der Waals surface area contributed by atoms with E-state index in [4.69, 9.17) is 4.43 Å². The molecular formula is C17H26BrF2NOSi. The molecule has 1 aliphatic rings. The lowest BCUT2D eigenvalue weighted by atomic mass is 10.1. The normalized spacial score (nSPS) is 17.7. The quantitative estimate of drug-likeness (QED) is 0.470. The molecule has 1 heterocycles. The Bertz CT molecular complexity index is 566. The highest BCUT2D eigenvalue weighted by atomic mass is 79.9. The van der Waals surface area contributed by atoms with Crippen LogP contribution in [0.5, 0.6) is 0 Å². The lowest BCUT2D eigenvalue weighted by Crippen LogP contribution is -2.47. The van der Waals surface area contributed by atoms with Gasteiger partial charge in [-0.25, -0.2) is 8.78 Å². The SMILES string of the molecule is CC(C)(C)[Si](C)(C)OC1CCN(c2cc(F)c(F)cc2Br)CC1. The first-order valence-corrected chi connectivity index (χ1v) is 11.8. The van der Waals surface area contributed by atoms with E-state index in [2.05, 4.69) is 54.7 Å². The predicted molar refractivity (Wildman–Crippen MR) is 97.6 cm³/mol. The molecule has 1 aromatic rings. The van der Waals surface area contributed by atoms with Gasteiger partial charge in [0.05, 0.1) is 5.69 Å². The zero-order valence-corrected chi connectivity index (χ0v) is 17.1. The van der Waals surface area contributed by atoms with Crippen molar-refractivity contribution in [1.29, 1.82) is 0 Å². The fourth-order valence-electron chi connectivity index (χ4n) is 2.56. The second-order valence-corrected chi connectivity index (χ2v) is 13.4. The van der Waals surface area contributed by atoms with Gasteiger partial charge in [-0.2, -0.15) is 0 Å². The summed E-state index contributed by atoms with van der Waals surface area (Å²) in [5.74, 6) is -1.63. The molecule has 0 saturated carbocycles. The molecule has 1 fully saturated rings. The van der Waals surface area contributed by atoms with Crippen LogP contribution in [-0.4, -0.2) is 27.5 Å². The maximum absolute atomic E-state index is 13.5. The average Bonchev–Trinajstić information content (AvgIpc) is 2.42. The average molecular weight is 406 g/mol. The van der Waals surface area contributed by atoms with Crippen LogP contribution in [0.15, 0.2) is 16.6 Å². The van der Waals surface area contributed by atoms with Gasteiger partial charge in [-0.3, -0.25) is 0 Å². The highest BCUT2D eigenvalue weighted by molar-refractivity contribution is 9.10. The second kappa shape index (κ2) is 6.80. The smallest absolute Gasteiger partial charge is 0.192 e. The summed E-state index contributed by atoms with van der Waals surface area (Å²) in [5.41, 5.74) is 0.717. The Kier molecular flexibility index (Phi) is 5.58. The van der Waals surface area contributed by atoms with Gasteiger partial charge in [0.15, 0.2) is 20.0 Å². The summed E-state index contributed by atoms with van der Waals surface area (Å²) in [7, 11) is -1.76. The third-order valence-electron chi connectivity index (χ3n) is 5.04. The molecule has 1 aliphatic heterocycles. The zero-order valence-electron chi connectivity index (χ0n) is 14.5. The van der Waals surface area contributed by atoms with Crippen LogP contribution in [0.1, 0.15) is 33.6 Å². The number of benzene rings is 1. The Morgan fingerprint density at radius 1 is 1.13 bits per heavy atom. The van der Waals surface area contributed by atoms with Crippen molar-refractivity contribution >= 4 is 29.9 Å². The van der Waals surface area contributed by atoms with Gasteiger partial charge in [0.25, 0.3) is 0 Å². The van der Waals surface area contributed by atoms with E-state index in [1.807, 2.05) is 0 Å². The number of hydrogen-bond acceptors (Lipinski definition) is 2. The van der Waals surface area contributed by atoms with Crippen molar-refractivity contribution < 1.29 is 13.2 Å². The molecule has 0 aromatic heterocycles. The molecule has 0 amide bonds. The number of hydrogen-bond donors (Lipinski definition) is 0. The molecule has 23 heavy (non-hydrogen) atoms. The fraction of sp³-hybridized carbons (Fsp3) is 0.647. The Morgan fingerprint density at radius 2 is 1.65 bits per heavy atom. The minimum absolute atomic E-state index is 0.202. The monoisotopic (exact) mass is 405 g/mol. The van der Waals surface area contributed by atoms with Gasteiger partial charge in [0, 0.05) is 29.7 Å². The summed E-state index contributed by atoms with van der Waals surface area (Å²) < 4.78 is 33.8. The molecule has 0 spiro atoms. The molecule has 0 atom stereocenters. The van der Waals surface area contributed by atoms with Gasteiger partial charge in [-0.05, 0) is 53.0 Å². The number of rotatable bonds is 3. The second-order valence-electron chi connectivity index (χ2n) is 7.78. The van der Waals surface area contributed by atoms with Crippen LogP contribution in [-0.2, 0) is 4.43 Å². The van der Waals surface area contributed by atoms with Crippen molar-refractivity contribution in [1.82, 2.24) is 0 Å². The Morgan fingerprint density at radius 3 is 2.17 bits per heavy atom. The summed E-state index contributed by atoms with van der Waals surface area (Å²) in [4.78, 5) is 2.10. The number of anilines is 1. The third kappa shape index (κ3) is 4.34. The topological polar surface area (TPSA) is 12.5 Å². The maximum atomic E-state index is 13.5. The van der Waals surface area contributed by atoms with Gasteiger partial charge in [-0.1, -0.05) is 20.8 Å². The molecular weight excluding hydrogens is 380 g/mol. The molecule has 0 bridgehead atoms. The van der Waals surface area contributed by atoms with Crippen molar-refractivity contribution in [3.8, 4) is 0 Å². The standard InChI is InChI=1S/C17H26BrF2NOSi/c1-17(2,3)23(4,5)22-12-6-8-21(9-7-12)16-11-15(20)14(19)10-13(16)18/h10-12H,6-9H2,1-5H3. The van der Waals surface area contributed by atoms with Crippen LogP contribution in [0.3, 0.4) is 0 Å². The zero-order chi connectivity index (χ0) is 17.4. The maximum Gasteiger partial charge on any atom is 0.192 e. The van der Waals surface area contributed by atoms with Gasteiger partial charge >= 0.3 is 0 Å². The van der Waals surface area contributed by atoms with E-state index < -0.39 is 20.0 Å². The van der Waals surface area contributed by atoms with Crippen molar-refractivity contribution in [2.75, 3.05) is 18.0 Å². The molecule has 2 nitrogen and oxygen atoms in total. The first-order valence-electron chi connectivity index (χ1n) is 8.08. The van der Waals surface area contributed by atoms with E-state index in [9.17, 15) is 8.78 Å². The van der Waals surface area contributed by atoms with E-state index in [1.54, 1.807) is 0 Å². The summed E-state index contributed by atoms with van der Waals surface area (Å²) in [6, 6.07) is 2.47. The molecule has 1 saturated heterocycles. The number of nitrogens with zero attached hydrogens (tertiary/aromatic N) is 1. The summed E-state index contributed by atoms with van der Waals surface area (Å²) in [6.45, 7) is 12.9. The van der Waals surface area contributed by atoms with Crippen LogP contribution >= 0.6 is 15.9 Å². The van der Waals surface area contributed by atoms with E-state index in [-0.39, 0.29) is 11.1 Å². The number of halogens is 3. The van der Waals surface area contributed by atoms with E-state index >= 15 is 0 Å². The van der Waals surface area contributed by atoms with Gasteiger partial charge < -0.3 is 9.33 Å². The fourth-order valence-corrected chi connectivity index (χ4v) is 4.55. The minimum Gasteiger partial charge on any atom is -0.414 e. The van der Waals surface area contributed by atoms with Crippen molar-refractivity contribution in [2.24, 2.45) is 0 Å².